The van der Waals surface area contributed by atoms with Gasteiger partial charge in [-0.3, -0.25) is 4.79 Å². The number of ether oxygens (including phenoxy) is 2. The van der Waals surface area contributed by atoms with Gasteiger partial charge in [-0.2, -0.15) is 4.31 Å². The summed E-state index contributed by atoms with van der Waals surface area (Å²) in [5.41, 5.74) is 0. The number of carbonyl (C=O) groups is 1. The molecule has 0 N–H and O–H groups in total. The van der Waals surface area contributed by atoms with Crippen LogP contribution in [-0.2, 0) is 14.8 Å². The van der Waals surface area contributed by atoms with Crippen molar-refractivity contribution >= 4 is 15.9 Å². The maximum atomic E-state index is 13.1. The SMILES string of the molecule is CC(C)CN(C(=O)C1CCN(S(=O)(=O)c2ccc3c(c2)OCCO3)CC1)C1CC1. The van der Waals surface area contributed by atoms with Gasteiger partial charge >= 0.3 is 0 Å². The average molecular weight is 423 g/mol. The lowest BCUT2D eigenvalue weighted by molar-refractivity contribution is -0.137. The Morgan fingerprint density at radius 1 is 1.10 bits per heavy atom. The van der Waals surface area contributed by atoms with Crippen LogP contribution >= 0.6 is 0 Å². The summed E-state index contributed by atoms with van der Waals surface area (Å²) in [5, 5.41) is 0. The van der Waals surface area contributed by atoms with Crippen molar-refractivity contribution in [1.82, 2.24) is 9.21 Å². The van der Waals surface area contributed by atoms with E-state index in [0.29, 0.717) is 62.6 Å². The van der Waals surface area contributed by atoms with Gasteiger partial charge in [-0.25, -0.2) is 8.42 Å². The second-order valence-electron chi connectivity index (χ2n) is 8.60. The Hall–Kier alpha value is -1.80. The van der Waals surface area contributed by atoms with E-state index in [1.807, 2.05) is 4.90 Å². The molecule has 3 aliphatic rings. The lowest BCUT2D eigenvalue weighted by Gasteiger charge is -2.34. The Morgan fingerprint density at radius 3 is 2.38 bits per heavy atom. The average Bonchev–Trinajstić information content (AvgIpc) is 3.56. The predicted molar refractivity (Wildman–Crippen MR) is 108 cm³/mol. The van der Waals surface area contributed by atoms with E-state index in [9.17, 15) is 13.2 Å². The fourth-order valence-electron chi connectivity index (χ4n) is 4.11. The smallest absolute Gasteiger partial charge is 0.243 e. The van der Waals surface area contributed by atoms with Gasteiger partial charge in [-0.15, -0.1) is 0 Å². The molecule has 0 radical (unpaired) electrons. The molecule has 2 heterocycles. The summed E-state index contributed by atoms with van der Waals surface area (Å²) in [6.45, 7) is 6.67. The molecule has 1 aliphatic carbocycles. The highest BCUT2D eigenvalue weighted by molar-refractivity contribution is 7.89. The van der Waals surface area contributed by atoms with Crippen LogP contribution in [0.4, 0.5) is 0 Å². The molecule has 0 unspecified atom stereocenters. The van der Waals surface area contributed by atoms with Gasteiger partial charge in [0.2, 0.25) is 15.9 Å². The molecule has 0 atom stereocenters. The first-order valence-electron chi connectivity index (χ1n) is 10.6. The standard InChI is InChI=1S/C21H30N2O5S/c1-15(2)14-23(17-3-4-17)21(24)16-7-9-22(10-8-16)29(25,26)18-5-6-19-20(13-18)28-12-11-27-19/h5-6,13,15-17H,3-4,7-12,14H2,1-2H3. The zero-order valence-corrected chi connectivity index (χ0v) is 18.0. The van der Waals surface area contributed by atoms with Crippen LogP contribution in [0.3, 0.4) is 0 Å². The molecule has 0 spiro atoms. The zero-order chi connectivity index (χ0) is 20.6. The van der Waals surface area contributed by atoms with E-state index in [2.05, 4.69) is 13.8 Å². The van der Waals surface area contributed by atoms with Gasteiger partial charge in [-0.05, 0) is 43.7 Å². The quantitative estimate of drug-likeness (QED) is 0.704. The van der Waals surface area contributed by atoms with Crippen molar-refractivity contribution in [3.8, 4) is 11.5 Å². The first kappa shape index (κ1) is 20.5. The van der Waals surface area contributed by atoms with E-state index in [1.165, 1.54) is 4.31 Å². The van der Waals surface area contributed by atoms with Gasteiger partial charge in [0, 0.05) is 37.7 Å². The Bertz CT molecular complexity index is 858. The van der Waals surface area contributed by atoms with Gasteiger partial charge in [0.1, 0.15) is 13.2 Å². The number of rotatable bonds is 6. The number of fused-ring (bicyclic) bond motifs is 1. The van der Waals surface area contributed by atoms with Crippen molar-refractivity contribution in [2.75, 3.05) is 32.8 Å². The van der Waals surface area contributed by atoms with E-state index in [1.54, 1.807) is 18.2 Å². The van der Waals surface area contributed by atoms with Crippen molar-refractivity contribution in [3.05, 3.63) is 18.2 Å². The summed E-state index contributed by atoms with van der Waals surface area (Å²) >= 11 is 0. The summed E-state index contributed by atoms with van der Waals surface area (Å²) in [6.07, 6.45) is 3.33. The van der Waals surface area contributed by atoms with Crippen LogP contribution in [0.5, 0.6) is 11.5 Å². The Balaban J connectivity index is 1.41. The summed E-state index contributed by atoms with van der Waals surface area (Å²) in [6, 6.07) is 5.15. The first-order chi connectivity index (χ1) is 13.9. The monoisotopic (exact) mass is 422 g/mol. The molecule has 1 aromatic carbocycles. The number of amides is 1. The highest BCUT2D eigenvalue weighted by Gasteiger charge is 2.39. The minimum Gasteiger partial charge on any atom is -0.486 e. The number of benzene rings is 1. The fraction of sp³-hybridized carbons (Fsp3) is 0.667. The summed E-state index contributed by atoms with van der Waals surface area (Å²) in [4.78, 5) is 15.3. The number of nitrogens with zero attached hydrogens (tertiary/aromatic N) is 2. The Kier molecular flexibility index (Phi) is 5.75. The fourth-order valence-corrected chi connectivity index (χ4v) is 5.60. The summed E-state index contributed by atoms with van der Waals surface area (Å²) < 4.78 is 38.7. The largest absolute Gasteiger partial charge is 0.486 e. The summed E-state index contributed by atoms with van der Waals surface area (Å²) in [7, 11) is -3.62. The summed E-state index contributed by atoms with van der Waals surface area (Å²) in [5.74, 6) is 1.61. The third-order valence-electron chi connectivity index (χ3n) is 5.79. The van der Waals surface area contributed by atoms with Crippen LogP contribution in [-0.4, -0.2) is 62.4 Å². The number of sulfonamides is 1. The molecule has 160 valence electrons. The van der Waals surface area contributed by atoms with Gasteiger partial charge < -0.3 is 14.4 Å². The van der Waals surface area contributed by atoms with Crippen molar-refractivity contribution in [3.63, 3.8) is 0 Å². The van der Waals surface area contributed by atoms with Crippen molar-refractivity contribution in [1.29, 1.82) is 0 Å². The van der Waals surface area contributed by atoms with E-state index in [0.717, 1.165) is 19.4 Å². The molecule has 1 amide bonds. The highest BCUT2D eigenvalue weighted by Crippen LogP contribution is 2.35. The van der Waals surface area contributed by atoms with Crippen LogP contribution < -0.4 is 9.47 Å². The Labute approximate surface area is 173 Å². The van der Waals surface area contributed by atoms with Crippen LogP contribution in [0.1, 0.15) is 39.5 Å². The molecule has 8 heteroatoms. The molecule has 2 aliphatic heterocycles. The molecule has 4 rings (SSSR count). The molecule has 29 heavy (non-hydrogen) atoms. The molecule has 7 nitrogen and oxygen atoms in total. The lowest BCUT2D eigenvalue weighted by Crippen LogP contribution is -2.46. The maximum absolute atomic E-state index is 13.1. The van der Waals surface area contributed by atoms with Gasteiger partial charge in [0.15, 0.2) is 11.5 Å². The van der Waals surface area contributed by atoms with Crippen LogP contribution in [0.25, 0.3) is 0 Å². The highest BCUT2D eigenvalue weighted by atomic mass is 32.2. The molecule has 0 bridgehead atoms. The number of hydrogen-bond acceptors (Lipinski definition) is 5. The van der Waals surface area contributed by atoms with E-state index >= 15 is 0 Å². The normalized spacial score (nSPS) is 20.7. The maximum Gasteiger partial charge on any atom is 0.243 e. The molecular weight excluding hydrogens is 392 g/mol. The van der Waals surface area contributed by atoms with Gasteiger partial charge in [-0.1, -0.05) is 13.8 Å². The van der Waals surface area contributed by atoms with Crippen LogP contribution in [0.2, 0.25) is 0 Å². The topological polar surface area (TPSA) is 76.2 Å². The second kappa shape index (κ2) is 8.14. The minimum absolute atomic E-state index is 0.0823. The molecular formula is C21H30N2O5S. The zero-order valence-electron chi connectivity index (χ0n) is 17.2. The molecule has 1 saturated heterocycles. The first-order valence-corrected chi connectivity index (χ1v) is 12.0. The third kappa shape index (κ3) is 4.38. The van der Waals surface area contributed by atoms with E-state index in [4.69, 9.17) is 9.47 Å². The second-order valence-corrected chi connectivity index (χ2v) is 10.5. The van der Waals surface area contributed by atoms with Crippen LogP contribution in [0.15, 0.2) is 23.1 Å². The molecule has 0 aromatic heterocycles. The van der Waals surface area contributed by atoms with Crippen LogP contribution in [0, 0.1) is 11.8 Å². The number of carbonyl (C=O) groups excluding carboxylic acids is 1. The van der Waals surface area contributed by atoms with E-state index < -0.39 is 10.0 Å². The molecule has 2 fully saturated rings. The van der Waals surface area contributed by atoms with Crippen molar-refractivity contribution in [2.24, 2.45) is 11.8 Å². The van der Waals surface area contributed by atoms with E-state index in [-0.39, 0.29) is 16.7 Å². The number of hydrogen-bond donors (Lipinski definition) is 0. The number of piperidine rings is 1. The molecule has 1 saturated carbocycles. The van der Waals surface area contributed by atoms with Crippen molar-refractivity contribution < 1.29 is 22.7 Å². The van der Waals surface area contributed by atoms with Crippen molar-refractivity contribution in [2.45, 2.75) is 50.5 Å². The third-order valence-corrected chi connectivity index (χ3v) is 7.68. The van der Waals surface area contributed by atoms with Gasteiger partial charge in [0.05, 0.1) is 4.90 Å². The predicted octanol–water partition coefficient (Wildman–Crippen LogP) is 2.51. The van der Waals surface area contributed by atoms with Gasteiger partial charge in [0.25, 0.3) is 0 Å². The minimum atomic E-state index is -3.62. The Morgan fingerprint density at radius 2 is 1.76 bits per heavy atom. The molecule has 1 aromatic rings. The lowest BCUT2D eigenvalue weighted by atomic mass is 9.96.